The first-order chi connectivity index (χ1) is 26.6. The standard InChI is InChI=1S/C39H52N10O5S/c1-26(40-4)35(50)42-33(38(53)48-23-11-14-31(48)25-49-39(44-45-46-49)55-32-15-7-6-8-16-32)28(3)54-24-12-13-29-17-19-30(20-18-29)34(43-36(51)27(2)41-5)37(52)47-21-9-10-22-47/h6-8,15-20,26-28,31,33-34,40-41H,9-11,14,21-25H2,1-5H3,(H,42,50)(H,43,51)/t26-,27-,28-,31+,33+,34-/m0/s1. The Morgan fingerprint density at radius 2 is 1.55 bits per heavy atom. The average molecular weight is 773 g/mol. The molecule has 294 valence electrons. The lowest BCUT2D eigenvalue weighted by molar-refractivity contribution is -0.141. The summed E-state index contributed by atoms with van der Waals surface area (Å²) in [6, 6.07) is 14.1. The molecule has 16 heteroatoms. The lowest BCUT2D eigenvalue weighted by Gasteiger charge is -2.32. The second-order valence-corrected chi connectivity index (χ2v) is 14.8. The van der Waals surface area contributed by atoms with E-state index in [0.717, 1.165) is 30.6 Å². The smallest absolute Gasteiger partial charge is 0.249 e. The van der Waals surface area contributed by atoms with E-state index in [0.29, 0.717) is 42.5 Å². The third kappa shape index (κ3) is 11.1. The summed E-state index contributed by atoms with van der Waals surface area (Å²) in [5, 5.41) is 24.6. The van der Waals surface area contributed by atoms with E-state index in [1.54, 1.807) is 73.6 Å². The van der Waals surface area contributed by atoms with E-state index in [2.05, 4.69) is 48.6 Å². The van der Waals surface area contributed by atoms with Gasteiger partial charge in [-0.3, -0.25) is 19.2 Å². The minimum absolute atomic E-state index is 0.00626. The van der Waals surface area contributed by atoms with Crippen LogP contribution in [0.3, 0.4) is 0 Å². The summed E-state index contributed by atoms with van der Waals surface area (Å²) in [7, 11) is 3.38. The Morgan fingerprint density at radius 1 is 0.873 bits per heavy atom. The number of carbonyl (C=O) groups is 4. The predicted molar refractivity (Wildman–Crippen MR) is 208 cm³/mol. The summed E-state index contributed by atoms with van der Waals surface area (Å²) in [6.07, 6.45) is 2.77. The summed E-state index contributed by atoms with van der Waals surface area (Å²) in [6.45, 7) is 7.52. The molecule has 55 heavy (non-hydrogen) atoms. The maximum atomic E-state index is 14.2. The molecule has 15 nitrogen and oxygen atoms in total. The van der Waals surface area contributed by atoms with E-state index in [1.165, 1.54) is 11.8 Å². The quantitative estimate of drug-likeness (QED) is 0.156. The zero-order chi connectivity index (χ0) is 39.3. The third-order valence-corrected chi connectivity index (χ3v) is 11.0. The first-order valence-electron chi connectivity index (χ1n) is 18.8. The molecule has 3 aromatic rings. The van der Waals surface area contributed by atoms with Crippen molar-refractivity contribution in [1.29, 1.82) is 0 Å². The second-order valence-electron chi connectivity index (χ2n) is 13.8. The Morgan fingerprint density at radius 3 is 2.22 bits per heavy atom. The number of likely N-dealkylation sites (N-methyl/N-ethyl adjacent to an activating group) is 2. The highest BCUT2D eigenvalue weighted by Crippen LogP contribution is 2.27. The van der Waals surface area contributed by atoms with Gasteiger partial charge >= 0.3 is 0 Å². The number of rotatable bonds is 16. The van der Waals surface area contributed by atoms with Crippen molar-refractivity contribution in [3.8, 4) is 11.8 Å². The van der Waals surface area contributed by atoms with Crippen LogP contribution in [0.2, 0.25) is 0 Å². The van der Waals surface area contributed by atoms with Crippen LogP contribution in [0.25, 0.3) is 0 Å². The second kappa shape index (κ2) is 20.2. The van der Waals surface area contributed by atoms with Crippen molar-refractivity contribution in [2.75, 3.05) is 40.3 Å². The molecule has 2 aliphatic rings. The molecule has 0 spiro atoms. The van der Waals surface area contributed by atoms with Gasteiger partial charge in [0, 0.05) is 30.1 Å². The van der Waals surface area contributed by atoms with Crippen molar-refractivity contribution in [3.63, 3.8) is 0 Å². The molecule has 0 unspecified atom stereocenters. The van der Waals surface area contributed by atoms with E-state index in [4.69, 9.17) is 4.74 Å². The minimum Gasteiger partial charge on any atom is -0.363 e. The van der Waals surface area contributed by atoms with Crippen LogP contribution in [0.1, 0.15) is 63.6 Å². The zero-order valence-corrected chi connectivity index (χ0v) is 33.0. The van der Waals surface area contributed by atoms with Crippen molar-refractivity contribution in [1.82, 2.24) is 51.3 Å². The summed E-state index contributed by atoms with van der Waals surface area (Å²) >= 11 is 1.45. The molecule has 2 aromatic carbocycles. The van der Waals surface area contributed by atoms with Gasteiger partial charge in [0.15, 0.2) is 0 Å². The maximum absolute atomic E-state index is 14.2. The van der Waals surface area contributed by atoms with Gasteiger partial charge in [0.2, 0.25) is 28.8 Å². The molecule has 4 amide bonds. The normalized spacial score (nSPS) is 18.1. The average Bonchev–Trinajstić information content (AvgIpc) is 4.01. The van der Waals surface area contributed by atoms with Crippen molar-refractivity contribution >= 4 is 35.4 Å². The number of hydrogen-bond donors (Lipinski definition) is 4. The van der Waals surface area contributed by atoms with Gasteiger partial charge < -0.3 is 35.8 Å². The Labute approximate surface area is 327 Å². The molecule has 0 aliphatic carbocycles. The van der Waals surface area contributed by atoms with E-state index in [9.17, 15) is 19.2 Å². The fourth-order valence-electron chi connectivity index (χ4n) is 6.43. The van der Waals surface area contributed by atoms with Gasteiger partial charge in [0.05, 0.1) is 30.8 Å². The number of likely N-dealkylation sites (tertiary alicyclic amines) is 2. The van der Waals surface area contributed by atoms with Gasteiger partial charge in [-0.1, -0.05) is 42.2 Å². The molecule has 1 aromatic heterocycles. The highest BCUT2D eigenvalue weighted by atomic mass is 32.2. The largest absolute Gasteiger partial charge is 0.363 e. The van der Waals surface area contributed by atoms with Crippen LogP contribution in [0, 0.1) is 11.8 Å². The fourth-order valence-corrected chi connectivity index (χ4v) is 7.23. The van der Waals surface area contributed by atoms with Crippen molar-refractivity contribution in [2.45, 2.75) is 99.4 Å². The van der Waals surface area contributed by atoms with Crippen LogP contribution in [-0.4, -0.2) is 124 Å². The summed E-state index contributed by atoms with van der Waals surface area (Å²) in [5.74, 6) is 5.15. The van der Waals surface area contributed by atoms with Gasteiger partial charge in [0.1, 0.15) is 18.7 Å². The van der Waals surface area contributed by atoms with E-state index >= 15 is 0 Å². The Kier molecular flexibility index (Phi) is 15.2. The maximum Gasteiger partial charge on any atom is 0.249 e. The lowest BCUT2D eigenvalue weighted by atomic mass is 10.0. The Balaban J connectivity index is 1.24. The van der Waals surface area contributed by atoms with Gasteiger partial charge in [-0.05, 0) is 113 Å². The molecule has 0 bridgehead atoms. The van der Waals surface area contributed by atoms with Crippen LogP contribution < -0.4 is 21.3 Å². The van der Waals surface area contributed by atoms with E-state index in [-0.39, 0.29) is 36.3 Å². The molecule has 4 N–H and O–H groups in total. The van der Waals surface area contributed by atoms with Crippen molar-refractivity contribution in [3.05, 3.63) is 65.7 Å². The number of benzene rings is 2. The van der Waals surface area contributed by atoms with Crippen molar-refractivity contribution in [2.24, 2.45) is 0 Å². The first-order valence-corrected chi connectivity index (χ1v) is 19.6. The van der Waals surface area contributed by atoms with E-state index < -0.39 is 30.3 Å². The van der Waals surface area contributed by atoms with Gasteiger partial charge in [-0.15, -0.1) is 5.10 Å². The molecule has 2 saturated heterocycles. The van der Waals surface area contributed by atoms with Crippen LogP contribution in [-0.2, 0) is 30.5 Å². The minimum atomic E-state index is -0.956. The predicted octanol–water partition coefficient (Wildman–Crippen LogP) is 1.75. The van der Waals surface area contributed by atoms with Crippen molar-refractivity contribution < 1.29 is 23.9 Å². The Hall–Kier alpha value is -4.82. The van der Waals surface area contributed by atoms with Crippen LogP contribution in [0.5, 0.6) is 0 Å². The Bertz CT molecular complexity index is 1810. The van der Waals surface area contributed by atoms with Gasteiger partial charge in [-0.2, -0.15) is 0 Å². The monoisotopic (exact) mass is 772 g/mol. The number of hydrogen-bond acceptors (Lipinski definition) is 11. The fraction of sp³-hybridized carbons (Fsp3) is 0.513. The summed E-state index contributed by atoms with van der Waals surface area (Å²) in [5.41, 5.74) is 1.36. The number of carbonyl (C=O) groups excluding carboxylic acids is 4. The molecule has 2 aliphatic heterocycles. The molecule has 2 fully saturated rings. The molecule has 5 rings (SSSR count). The number of aromatic nitrogens is 4. The number of nitrogens with zero attached hydrogens (tertiary/aromatic N) is 6. The number of ether oxygens (including phenoxy) is 1. The topological polar surface area (TPSA) is 176 Å². The van der Waals surface area contributed by atoms with Gasteiger partial charge in [0.25, 0.3) is 0 Å². The third-order valence-electron chi connectivity index (χ3n) is 10.0. The first kappa shape index (κ1) is 41.3. The number of amides is 4. The highest BCUT2D eigenvalue weighted by Gasteiger charge is 2.38. The summed E-state index contributed by atoms with van der Waals surface area (Å²) < 4.78 is 7.79. The molecule has 0 saturated carbocycles. The molecule has 0 radical (unpaired) electrons. The highest BCUT2D eigenvalue weighted by molar-refractivity contribution is 7.99. The molecule has 6 atom stereocenters. The van der Waals surface area contributed by atoms with Gasteiger partial charge in [-0.25, -0.2) is 4.68 Å². The summed E-state index contributed by atoms with van der Waals surface area (Å²) in [4.78, 5) is 58.0. The molecule has 3 heterocycles. The van der Waals surface area contributed by atoms with Crippen LogP contribution >= 0.6 is 11.8 Å². The van der Waals surface area contributed by atoms with E-state index in [1.807, 2.05) is 30.3 Å². The molecular weight excluding hydrogens is 721 g/mol. The molecular formula is C39H52N10O5S. The number of nitrogens with one attached hydrogen (secondary N) is 4. The van der Waals surface area contributed by atoms with Crippen LogP contribution in [0.4, 0.5) is 0 Å². The lowest BCUT2D eigenvalue weighted by Crippen LogP contribution is -2.58. The SMILES string of the molecule is CN[C@@H](C)C(=O)N[C@H](C(=O)N1CCCC1)c1ccc(C#CCO[C@@H](C)[C@@H](NC(=O)[C@H](C)NC)C(=O)N2CCC[C@@H]2Cn2nnnc2Sc2ccccc2)cc1. The zero-order valence-electron chi connectivity index (χ0n) is 32.2. The van der Waals surface area contributed by atoms with Crippen LogP contribution in [0.15, 0.2) is 64.6 Å². The number of tetrazole rings is 1.